The second kappa shape index (κ2) is 10.9. The highest BCUT2D eigenvalue weighted by atomic mass is 19.1. The molecule has 2 aromatic heterocycles. The molecule has 0 saturated carbocycles. The summed E-state index contributed by atoms with van der Waals surface area (Å²) in [4.78, 5) is 39.3. The Bertz CT molecular complexity index is 1640. The lowest BCUT2D eigenvalue weighted by Gasteiger charge is -2.40. The van der Waals surface area contributed by atoms with Gasteiger partial charge in [0.2, 0.25) is 5.91 Å². The van der Waals surface area contributed by atoms with Gasteiger partial charge in [-0.15, -0.1) is 0 Å². The summed E-state index contributed by atoms with van der Waals surface area (Å²) in [7, 11) is 0. The minimum absolute atomic E-state index is 0.0360. The monoisotopic (exact) mass is 541 g/mol. The highest BCUT2D eigenvalue weighted by Gasteiger charge is 2.30. The zero-order valence-corrected chi connectivity index (χ0v) is 22.9. The SMILES string of the molecule is C=CC(=O)N1CCN(c2nc(=O)n(-c3c(CC)cccc3CC)c3nc(-c4c(O)cccc4F)ccc23)[C@@H](C)C1. The van der Waals surface area contributed by atoms with Crippen LogP contribution < -0.4 is 10.6 Å². The van der Waals surface area contributed by atoms with E-state index < -0.39 is 11.5 Å². The zero-order valence-electron chi connectivity index (χ0n) is 22.9. The van der Waals surface area contributed by atoms with Crippen molar-refractivity contribution in [2.24, 2.45) is 0 Å². The number of hydrogen-bond acceptors (Lipinski definition) is 6. The summed E-state index contributed by atoms with van der Waals surface area (Å²) >= 11 is 0. The number of pyridine rings is 1. The molecule has 1 saturated heterocycles. The van der Waals surface area contributed by atoms with Crippen LogP contribution in [0.4, 0.5) is 10.2 Å². The molecule has 9 heteroatoms. The first-order valence-electron chi connectivity index (χ1n) is 13.5. The van der Waals surface area contributed by atoms with Gasteiger partial charge in [0.05, 0.1) is 22.3 Å². The molecule has 5 rings (SSSR count). The number of aromatic nitrogens is 3. The molecular formula is C31H32FN5O3. The molecule has 3 heterocycles. The molecule has 0 radical (unpaired) electrons. The third kappa shape index (κ3) is 4.61. The van der Waals surface area contributed by atoms with Crippen LogP contribution in [0.1, 0.15) is 31.9 Å². The molecule has 0 aliphatic carbocycles. The van der Waals surface area contributed by atoms with Crippen LogP contribution in [0.5, 0.6) is 5.75 Å². The summed E-state index contributed by atoms with van der Waals surface area (Å²) in [6, 6.07) is 13.3. The quantitative estimate of drug-likeness (QED) is 0.358. The van der Waals surface area contributed by atoms with Gasteiger partial charge in [0.15, 0.2) is 5.65 Å². The van der Waals surface area contributed by atoms with E-state index in [2.05, 4.69) is 11.6 Å². The third-order valence-electron chi connectivity index (χ3n) is 7.54. The number of piperazine rings is 1. The zero-order chi connectivity index (χ0) is 28.6. The molecule has 40 heavy (non-hydrogen) atoms. The first-order chi connectivity index (χ1) is 19.3. The second-order valence-corrected chi connectivity index (χ2v) is 9.92. The molecule has 0 spiro atoms. The van der Waals surface area contributed by atoms with Crippen molar-refractivity contribution in [2.75, 3.05) is 24.5 Å². The van der Waals surface area contributed by atoms with Crippen molar-refractivity contribution in [1.82, 2.24) is 19.4 Å². The Morgan fingerprint density at radius 3 is 2.40 bits per heavy atom. The number of amides is 1. The maximum atomic E-state index is 14.9. The van der Waals surface area contributed by atoms with Gasteiger partial charge in [0, 0.05) is 25.7 Å². The van der Waals surface area contributed by atoms with Gasteiger partial charge in [-0.25, -0.2) is 18.7 Å². The van der Waals surface area contributed by atoms with Crippen molar-refractivity contribution in [2.45, 2.75) is 39.7 Å². The number of aryl methyl sites for hydroxylation is 2. The molecule has 1 aliphatic rings. The molecule has 1 N–H and O–H groups in total. The molecule has 1 aliphatic heterocycles. The van der Waals surface area contributed by atoms with Crippen LogP contribution >= 0.6 is 0 Å². The van der Waals surface area contributed by atoms with Crippen LogP contribution in [0.3, 0.4) is 0 Å². The number of benzene rings is 2. The molecule has 0 bridgehead atoms. The molecule has 1 amide bonds. The van der Waals surface area contributed by atoms with Crippen molar-refractivity contribution >= 4 is 22.8 Å². The lowest BCUT2D eigenvalue weighted by molar-refractivity contribution is -0.126. The number of hydrogen-bond donors (Lipinski definition) is 1. The molecule has 8 nitrogen and oxygen atoms in total. The largest absolute Gasteiger partial charge is 0.507 e. The Labute approximate surface area is 232 Å². The van der Waals surface area contributed by atoms with Crippen LogP contribution in [-0.2, 0) is 17.6 Å². The smallest absolute Gasteiger partial charge is 0.355 e. The van der Waals surface area contributed by atoms with Crippen molar-refractivity contribution in [1.29, 1.82) is 0 Å². The lowest BCUT2D eigenvalue weighted by atomic mass is 10.0. The Balaban J connectivity index is 1.79. The number of carbonyl (C=O) groups is 1. The third-order valence-corrected chi connectivity index (χ3v) is 7.54. The minimum atomic E-state index is -0.616. The van der Waals surface area contributed by atoms with Gasteiger partial charge in [-0.05, 0) is 61.2 Å². The number of aromatic hydroxyl groups is 1. The Hall–Kier alpha value is -4.53. The van der Waals surface area contributed by atoms with E-state index in [1.54, 1.807) is 17.0 Å². The van der Waals surface area contributed by atoms with Crippen LogP contribution in [0.15, 0.2) is 66.0 Å². The van der Waals surface area contributed by atoms with Gasteiger partial charge in [0.25, 0.3) is 0 Å². The maximum Gasteiger partial charge on any atom is 0.355 e. The number of phenolic OH excluding ortho intramolecular Hbond substituents is 1. The minimum Gasteiger partial charge on any atom is -0.507 e. The van der Waals surface area contributed by atoms with Crippen LogP contribution in [0.2, 0.25) is 0 Å². The fourth-order valence-corrected chi connectivity index (χ4v) is 5.51. The molecule has 0 unspecified atom stereocenters. The number of nitrogens with zero attached hydrogens (tertiary/aromatic N) is 5. The van der Waals surface area contributed by atoms with E-state index in [4.69, 9.17) is 4.98 Å². The number of para-hydroxylation sites is 1. The van der Waals surface area contributed by atoms with Crippen LogP contribution in [0.25, 0.3) is 28.0 Å². The number of anilines is 1. The molecular weight excluding hydrogens is 509 g/mol. The van der Waals surface area contributed by atoms with E-state index in [1.807, 2.05) is 43.9 Å². The Morgan fingerprint density at radius 2 is 1.77 bits per heavy atom. The summed E-state index contributed by atoms with van der Waals surface area (Å²) in [5.74, 6) is -0.540. The Morgan fingerprint density at radius 1 is 1.07 bits per heavy atom. The highest BCUT2D eigenvalue weighted by molar-refractivity contribution is 5.91. The van der Waals surface area contributed by atoms with E-state index >= 15 is 0 Å². The van der Waals surface area contributed by atoms with E-state index in [1.165, 1.54) is 28.8 Å². The summed E-state index contributed by atoms with van der Waals surface area (Å²) < 4.78 is 16.4. The van der Waals surface area contributed by atoms with E-state index in [0.29, 0.717) is 49.3 Å². The van der Waals surface area contributed by atoms with E-state index in [0.717, 1.165) is 16.8 Å². The summed E-state index contributed by atoms with van der Waals surface area (Å²) in [6.07, 6.45) is 2.67. The predicted octanol–water partition coefficient (Wildman–Crippen LogP) is 4.64. The standard InChI is InChI=1S/C31H32FN5O3/c1-5-20-10-8-11-21(6-2)28(20)37-30-22(14-15-24(33-30)27-23(32)12-9-13-25(27)38)29(34-31(37)40)36-17-16-35(18-19(36)4)26(39)7-3/h7-15,19,38H,3,5-6,16-18H2,1-2,4H3/t19-/m0/s1. The van der Waals surface area contributed by atoms with Crippen molar-refractivity contribution < 1.29 is 14.3 Å². The highest BCUT2D eigenvalue weighted by Crippen LogP contribution is 2.34. The summed E-state index contributed by atoms with van der Waals surface area (Å²) in [5.41, 5.74) is 2.63. The van der Waals surface area contributed by atoms with Gasteiger partial charge in [-0.1, -0.05) is 44.7 Å². The maximum absolute atomic E-state index is 14.9. The molecule has 1 atom stereocenters. The predicted molar refractivity (Wildman–Crippen MR) is 155 cm³/mol. The fraction of sp³-hybridized carbons (Fsp3) is 0.290. The number of carbonyl (C=O) groups excluding carboxylic acids is 1. The average molecular weight is 542 g/mol. The molecule has 2 aromatic carbocycles. The first-order valence-corrected chi connectivity index (χ1v) is 13.5. The number of fused-ring (bicyclic) bond motifs is 1. The van der Waals surface area contributed by atoms with E-state index in [-0.39, 0.29) is 29.0 Å². The van der Waals surface area contributed by atoms with Gasteiger partial charge >= 0.3 is 5.69 Å². The number of halogens is 1. The van der Waals surface area contributed by atoms with Crippen LogP contribution in [-0.4, -0.2) is 56.1 Å². The molecule has 4 aromatic rings. The van der Waals surface area contributed by atoms with Crippen molar-refractivity contribution in [3.05, 3.63) is 88.6 Å². The number of rotatable bonds is 6. The number of phenols is 1. The van der Waals surface area contributed by atoms with Gasteiger partial charge in [-0.2, -0.15) is 4.98 Å². The van der Waals surface area contributed by atoms with Gasteiger partial charge in [0.1, 0.15) is 17.4 Å². The summed E-state index contributed by atoms with van der Waals surface area (Å²) in [6.45, 7) is 11.0. The molecule has 1 fully saturated rings. The van der Waals surface area contributed by atoms with Crippen molar-refractivity contribution in [3.63, 3.8) is 0 Å². The molecule has 206 valence electrons. The fourth-order valence-electron chi connectivity index (χ4n) is 5.51. The summed E-state index contributed by atoms with van der Waals surface area (Å²) in [5, 5.41) is 11.1. The second-order valence-electron chi connectivity index (χ2n) is 9.92. The Kier molecular flexibility index (Phi) is 7.38. The van der Waals surface area contributed by atoms with Gasteiger partial charge in [-0.3, -0.25) is 4.79 Å². The average Bonchev–Trinajstić information content (AvgIpc) is 2.96. The van der Waals surface area contributed by atoms with E-state index in [9.17, 15) is 19.1 Å². The topological polar surface area (TPSA) is 91.6 Å². The van der Waals surface area contributed by atoms with Gasteiger partial charge < -0.3 is 14.9 Å². The van der Waals surface area contributed by atoms with Crippen molar-refractivity contribution in [3.8, 4) is 22.7 Å². The normalized spacial score (nSPS) is 15.4. The lowest BCUT2D eigenvalue weighted by Crippen LogP contribution is -2.54. The van der Waals surface area contributed by atoms with Crippen LogP contribution in [0, 0.1) is 5.82 Å². The first kappa shape index (κ1) is 27.1.